The molecular formula is C8H15N5O2. The van der Waals surface area contributed by atoms with Crippen LogP contribution in [0.3, 0.4) is 0 Å². The van der Waals surface area contributed by atoms with Gasteiger partial charge in [0.15, 0.2) is 0 Å². The number of amides is 1. The summed E-state index contributed by atoms with van der Waals surface area (Å²) in [7, 11) is 1.58. The fourth-order valence-electron chi connectivity index (χ4n) is 1.14. The molecule has 0 aromatic carbocycles. The number of nitrogens with two attached hydrogens (primary N) is 1. The molecule has 84 valence electrons. The molecule has 7 heteroatoms. The molecule has 15 heavy (non-hydrogen) atoms. The van der Waals surface area contributed by atoms with Crippen molar-refractivity contribution < 1.29 is 9.53 Å². The molecule has 0 aliphatic heterocycles. The lowest BCUT2D eigenvalue weighted by atomic mass is 10.3. The van der Waals surface area contributed by atoms with Gasteiger partial charge in [-0.05, 0) is 6.92 Å². The van der Waals surface area contributed by atoms with Crippen molar-refractivity contribution in [3.63, 3.8) is 0 Å². The Balaban J connectivity index is 2.36. The fourth-order valence-corrected chi connectivity index (χ4v) is 1.14. The first-order valence-corrected chi connectivity index (χ1v) is 4.55. The largest absolute Gasteiger partial charge is 0.383 e. The molecule has 7 nitrogen and oxygen atoms in total. The Morgan fingerprint density at radius 1 is 1.80 bits per heavy atom. The number of ether oxygens (including phenoxy) is 1. The molecule has 3 N–H and O–H groups in total. The van der Waals surface area contributed by atoms with Crippen molar-refractivity contribution in [2.45, 2.75) is 19.5 Å². The zero-order valence-electron chi connectivity index (χ0n) is 8.80. The van der Waals surface area contributed by atoms with Crippen molar-refractivity contribution in [2.24, 2.45) is 0 Å². The monoisotopic (exact) mass is 213 g/mol. The van der Waals surface area contributed by atoms with Crippen molar-refractivity contribution >= 4 is 11.9 Å². The van der Waals surface area contributed by atoms with E-state index in [2.05, 4.69) is 15.4 Å². The third-order valence-electron chi connectivity index (χ3n) is 1.68. The number of nitrogens with zero attached hydrogens (tertiary/aromatic N) is 3. The summed E-state index contributed by atoms with van der Waals surface area (Å²) in [4.78, 5) is 15.1. The van der Waals surface area contributed by atoms with Crippen LogP contribution in [0.2, 0.25) is 0 Å². The molecule has 0 spiro atoms. The van der Waals surface area contributed by atoms with Crippen LogP contribution in [-0.4, -0.2) is 40.4 Å². The van der Waals surface area contributed by atoms with Crippen LogP contribution in [0.1, 0.15) is 6.92 Å². The van der Waals surface area contributed by atoms with Crippen LogP contribution < -0.4 is 11.1 Å². The lowest BCUT2D eigenvalue weighted by molar-refractivity contribution is -0.122. The van der Waals surface area contributed by atoms with Gasteiger partial charge in [0.1, 0.15) is 12.9 Å². The lowest BCUT2D eigenvalue weighted by Gasteiger charge is -2.12. The molecule has 1 amide bonds. The summed E-state index contributed by atoms with van der Waals surface area (Å²) in [6.45, 7) is 2.45. The normalized spacial score (nSPS) is 12.4. The van der Waals surface area contributed by atoms with E-state index in [1.165, 1.54) is 11.0 Å². The van der Waals surface area contributed by atoms with Crippen molar-refractivity contribution in [1.29, 1.82) is 0 Å². The number of nitrogen functional groups attached to an aromatic ring is 1. The Kier molecular flexibility index (Phi) is 4.04. The molecule has 0 fully saturated rings. The molecule has 1 atom stereocenters. The molecule has 1 rings (SSSR count). The minimum absolute atomic E-state index is 0.0247. The van der Waals surface area contributed by atoms with Crippen LogP contribution in [0.15, 0.2) is 6.33 Å². The second-order valence-electron chi connectivity index (χ2n) is 3.22. The summed E-state index contributed by atoms with van der Waals surface area (Å²) >= 11 is 0. The van der Waals surface area contributed by atoms with Gasteiger partial charge in [-0.15, -0.1) is 5.10 Å². The van der Waals surface area contributed by atoms with Gasteiger partial charge >= 0.3 is 0 Å². The molecule has 0 saturated carbocycles. The van der Waals surface area contributed by atoms with Crippen LogP contribution in [0.25, 0.3) is 0 Å². The standard InChI is InChI=1S/C8H15N5O2/c1-6(4-15-2)11-7(14)3-13-5-10-8(9)12-13/h5-6H,3-4H2,1-2H3,(H2,9,12)(H,11,14). The van der Waals surface area contributed by atoms with Gasteiger partial charge < -0.3 is 15.8 Å². The second-order valence-corrected chi connectivity index (χ2v) is 3.22. The van der Waals surface area contributed by atoms with Gasteiger partial charge in [0.05, 0.1) is 6.61 Å². The SMILES string of the molecule is COCC(C)NC(=O)Cn1cnc(N)n1. The van der Waals surface area contributed by atoms with Crippen LogP contribution in [-0.2, 0) is 16.1 Å². The third kappa shape index (κ3) is 3.94. The Morgan fingerprint density at radius 2 is 2.53 bits per heavy atom. The van der Waals surface area contributed by atoms with E-state index in [1.807, 2.05) is 6.92 Å². The van der Waals surface area contributed by atoms with Gasteiger partial charge in [0.2, 0.25) is 11.9 Å². The number of nitrogens with one attached hydrogen (secondary N) is 1. The number of carbonyl (C=O) groups excluding carboxylic acids is 1. The average molecular weight is 213 g/mol. The minimum atomic E-state index is -0.149. The van der Waals surface area contributed by atoms with Gasteiger partial charge in [-0.3, -0.25) is 4.79 Å². The summed E-state index contributed by atoms with van der Waals surface area (Å²) in [5.41, 5.74) is 5.31. The molecule has 0 saturated heterocycles. The molecule has 1 aromatic rings. The van der Waals surface area contributed by atoms with Crippen molar-refractivity contribution in [3.8, 4) is 0 Å². The number of rotatable bonds is 5. The Morgan fingerprint density at radius 3 is 3.07 bits per heavy atom. The van der Waals surface area contributed by atoms with Crippen LogP contribution >= 0.6 is 0 Å². The predicted octanol–water partition coefficient (Wildman–Crippen LogP) is -0.989. The number of methoxy groups -OCH3 is 1. The number of hydrogen-bond donors (Lipinski definition) is 2. The number of aromatic nitrogens is 3. The van der Waals surface area contributed by atoms with E-state index in [-0.39, 0.29) is 24.4 Å². The third-order valence-corrected chi connectivity index (χ3v) is 1.68. The number of hydrogen-bond acceptors (Lipinski definition) is 5. The zero-order chi connectivity index (χ0) is 11.3. The van der Waals surface area contributed by atoms with E-state index >= 15 is 0 Å². The molecule has 0 aliphatic carbocycles. The maximum atomic E-state index is 11.4. The molecule has 0 aliphatic rings. The van der Waals surface area contributed by atoms with Crippen molar-refractivity contribution in [2.75, 3.05) is 19.5 Å². The summed E-state index contributed by atoms with van der Waals surface area (Å²) in [6, 6.07) is -0.0247. The minimum Gasteiger partial charge on any atom is -0.383 e. The second kappa shape index (κ2) is 5.30. The molecule has 1 unspecified atom stereocenters. The molecule has 0 radical (unpaired) electrons. The first-order chi connectivity index (χ1) is 7.11. The molecule has 1 heterocycles. The van der Waals surface area contributed by atoms with E-state index in [0.29, 0.717) is 6.61 Å². The van der Waals surface area contributed by atoms with Gasteiger partial charge in [-0.1, -0.05) is 0 Å². The Hall–Kier alpha value is -1.63. The topological polar surface area (TPSA) is 95.1 Å². The Bertz CT molecular complexity index is 325. The van der Waals surface area contributed by atoms with Crippen molar-refractivity contribution in [1.82, 2.24) is 20.1 Å². The van der Waals surface area contributed by atoms with E-state index in [0.717, 1.165) is 0 Å². The van der Waals surface area contributed by atoms with Gasteiger partial charge in [0.25, 0.3) is 0 Å². The van der Waals surface area contributed by atoms with Crippen LogP contribution in [0.5, 0.6) is 0 Å². The average Bonchev–Trinajstić information content (AvgIpc) is 2.51. The van der Waals surface area contributed by atoms with Crippen LogP contribution in [0, 0.1) is 0 Å². The first kappa shape index (κ1) is 11.4. The quantitative estimate of drug-likeness (QED) is 0.655. The lowest BCUT2D eigenvalue weighted by Crippen LogP contribution is -2.37. The summed E-state index contributed by atoms with van der Waals surface area (Å²) in [5.74, 6) is 0.0113. The number of carbonyl (C=O) groups is 1. The highest BCUT2D eigenvalue weighted by Crippen LogP contribution is 1.90. The highest BCUT2D eigenvalue weighted by atomic mass is 16.5. The fraction of sp³-hybridized carbons (Fsp3) is 0.625. The molecular weight excluding hydrogens is 198 g/mol. The summed E-state index contributed by atoms with van der Waals surface area (Å²) in [6.07, 6.45) is 1.41. The van der Waals surface area contributed by atoms with Crippen molar-refractivity contribution in [3.05, 3.63) is 6.33 Å². The van der Waals surface area contributed by atoms with Gasteiger partial charge in [0, 0.05) is 13.2 Å². The predicted molar refractivity (Wildman–Crippen MR) is 53.9 cm³/mol. The number of anilines is 1. The molecule has 0 bridgehead atoms. The zero-order valence-corrected chi connectivity index (χ0v) is 8.80. The summed E-state index contributed by atoms with van der Waals surface area (Å²) < 4.78 is 6.27. The summed E-state index contributed by atoms with van der Waals surface area (Å²) in [5, 5.41) is 6.54. The Labute approximate surface area is 87.6 Å². The van der Waals surface area contributed by atoms with E-state index < -0.39 is 0 Å². The maximum absolute atomic E-state index is 11.4. The van der Waals surface area contributed by atoms with Gasteiger partial charge in [-0.25, -0.2) is 9.67 Å². The highest BCUT2D eigenvalue weighted by molar-refractivity contribution is 5.75. The van der Waals surface area contributed by atoms with Gasteiger partial charge in [-0.2, -0.15) is 0 Å². The smallest absolute Gasteiger partial charge is 0.242 e. The van der Waals surface area contributed by atoms with E-state index in [9.17, 15) is 4.79 Å². The molecule has 1 aromatic heterocycles. The van der Waals surface area contributed by atoms with Crippen LogP contribution in [0.4, 0.5) is 5.95 Å². The maximum Gasteiger partial charge on any atom is 0.242 e. The first-order valence-electron chi connectivity index (χ1n) is 4.55. The highest BCUT2D eigenvalue weighted by Gasteiger charge is 2.08. The van der Waals surface area contributed by atoms with E-state index in [1.54, 1.807) is 7.11 Å². The van der Waals surface area contributed by atoms with E-state index in [4.69, 9.17) is 10.5 Å².